The SMILES string of the molecule is C=C(C)/C=C(\NC(C)/C=C1\NNC=C(C(N)=Nc2cc(F)ccc2Cl)C1=NC1CCC(N)CC1)OCCOCCO. The van der Waals surface area contributed by atoms with Crippen molar-refractivity contribution < 1.29 is 19.0 Å². The summed E-state index contributed by atoms with van der Waals surface area (Å²) < 4.78 is 25.0. The van der Waals surface area contributed by atoms with Gasteiger partial charge >= 0.3 is 0 Å². The van der Waals surface area contributed by atoms with E-state index in [1.807, 2.05) is 19.9 Å². The van der Waals surface area contributed by atoms with Crippen LogP contribution in [0.25, 0.3) is 0 Å². The molecule has 0 amide bonds. The topological polar surface area (TPSA) is 152 Å². The zero-order chi connectivity index (χ0) is 29.8. The van der Waals surface area contributed by atoms with Crippen LogP contribution in [0.3, 0.4) is 0 Å². The highest BCUT2D eigenvalue weighted by Gasteiger charge is 2.25. The number of amidine groups is 1. The van der Waals surface area contributed by atoms with E-state index in [4.69, 9.17) is 42.6 Å². The Morgan fingerprint density at radius 1 is 1.29 bits per heavy atom. The standard InChI is InChI=1S/C29H41ClFN7O3/c1-18(2)14-27(41-13-12-40-11-10-39)35-19(3)15-26-28(36-22-7-5-21(32)6-8-22)23(17-34-38-26)29(33)37-25-16-20(31)4-9-24(25)30/h4,9,14-17,19,21-22,34-35,38-39H,1,5-8,10-13,32H2,2-3H3,(H2,33,37)/b26-15-,27-14+,36-28?. The van der Waals surface area contributed by atoms with Crippen LogP contribution in [-0.4, -0.2) is 61.2 Å². The van der Waals surface area contributed by atoms with Crippen LogP contribution in [-0.2, 0) is 9.47 Å². The maximum Gasteiger partial charge on any atom is 0.187 e. The maximum atomic E-state index is 13.9. The van der Waals surface area contributed by atoms with Crippen LogP contribution in [0.2, 0.25) is 5.02 Å². The van der Waals surface area contributed by atoms with Gasteiger partial charge < -0.3 is 36.8 Å². The Balaban J connectivity index is 1.88. The minimum absolute atomic E-state index is 0.0448. The first kappa shape index (κ1) is 32.1. The lowest BCUT2D eigenvalue weighted by molar-refractivity contribution is 0.0497. The van der Waals surface area contributed by atoms with E-state index in [9.17, 15) is 4.39 Å². The molecule has 1 unspecified atom stereocenters. The molecule has 1 aliphatic carbocycles. The van der Waals surface area contributed by atoms with E-state index in [2.05, 4.69) is 27.7 Å². The van der Waals surface area contributed by atoms with Gasteiger partial charge in [-0.15, -0.1) is 0 Å². The molecule has 1 fully saturated rings. The van der Waals surface area contributed by atoms with Crippen LogP contribution in [0.15, 0.2) is 75.8 Å². The summed E-state index contributed by atoms with van der Waals surface area (Å²) in [6, 6.07) is 3.96. The highest BCUT2D eigenvalue weighted by molar-refractivity contribution is 6.34. The van der Waals surface area contributed by atoms with Crippen LogP contribution in [0.4, 0.5) is 10.1 Å². The smallest absolute Gasteiger partial charge is 0.187 e. The van der Waals surface area contributed by atoms with Gasteiger partial charge in [-0.05, 0) is 57.7 Å². The predicted octanol–water partition coefficient (Wildman–Crippen LogP) is 3.48. The second kappa shape index (κ2) is 16.2. The number of nitrogens with two attached hydrogens (primary N) is 2. The molecule has 1 aromatic carbocycles. The fourth-order valence-electron chi connectivity index (χ4n) is 4.33. The normalized spacial score (nSPS) is 22.5. The van der Waals surface area contributed by atoms with Crippen LogP contribution >= 0.6 is 11.6 Å². The first-order chi connectivity index (χ1) is 19.7. The molecule has 2 aliphatic rings. The zero-order valence-corrected chi connectivity index (χ0v) is 24.4. The molecule has 0 aromatic heterocycles. The lowest BCUT2D eigenvalue weighted by Crippen LogP contribution is -2.42. The van der Waals surface area contributed by atoms with Gasteiger partial charge in [0.1, 0.15) is 18.3 Å². The predicted molar refractivity (Wildman–Crippen MR) is 162 cm³/mol. The number of ether oxygens (including phenoxy) is 2. The molecule has 41 heavy (non-hydrogen) atoms. The Kier molecular flexibility index (Phi) is 12.7. The molecule has 1 saturated carbocycles. The summed E-state index contributed by atoms with van der Waals surface area (Å²) >= 11 is 6.25. The molecule has 0 bridgehead atoms. The molecule has 1 atom stereocenters. The number of halogens is 2. The summed E-state index contributed by atoms with van der Waals surface area (Å²) in [5, 5.41) is 12.5. The number of benzene rings is 1. The van der Waals surface area contributed by atoms with Crippen molar-refractivity contribution in [2.45, 2.75) is 57.7 Å². The third-order valence-corrected chi connectivity index (χ3v) is 6.62. The molecule has 1 aliphatic heterocycles. The average molecular weight is 590 g/mol. The summed E-state index contributed by atoms with van der Waals surface area (Å²) in [7, 11) is 0. The van der Waals surface area contributed by atoms with E-state index in [1.54, 1.807) is 12.3 Å². The largest absolute Gasteiger partial charge is 0.477 e. The highest BCUT2D eigenvalue weighted by Crippen LogP contribution is 2.27. The number of nitrogens with one attached hydrogen (secondary N) is 3. The minimum atomic E-state index is -0.466. The third-order valence-electron chi connectivity index (χ3n) is 6.30. The number of allylic oxidation sites excluding steroid dienone is 3. The van der Waals surface area contributed by atoms with Crippen molar-refractivity contribution in [3.05, 3.63) is 76.7 Å². The molecule has 1 aromatic rings. The number of nitrogens with zero attached hydrogens (tertiary/aromatic N) is 2. The van der Waals surface area contributed by atoms with E-state index in [-0.39, 0.29) is 47.9 Å². The van der Waals surface area contributed by atoms with Gasteiger partial charge in [0.25, 0.3) is 0 Å². The van der Waals surface area contributed by atoms with E-state index in [0.29, 0.717) is 36.1 Å². The zero-order valence-electron chi connectivity index (χ0n) is 23.6. The van der Waals surface area contributed by atoms with Gasteiger partial charge in [-0.1, -0.05) is 23.8 Å². The van der Waals surface area contributed by atoms with Gasteiger partial charge in [0.15, 0.2) is 5.88 Å². The van der Waals surface area contributed by atoms with Crippen molar-refractivity contribution in [1.82, 2.24) is 16.2 Å². The van der Waals surface area contributed by atoms with Gasteiger partial charge in [0, 0.05) is 30.4 Å². The summed E-state index contributed by atoms with van der Waals surface area (Å²) in [5.74, 6) is 0.195. The van der Waals surface area contributed by atoms with Crippen molar-refractivity contribution in [2.24, 2.45) is 21.5 Å². The Bertz CT molecular complexity index is 1210. The number of hydrogen-bond donors (Lipinski definition) is 6. The first-order valence-electron chi connectivity index (χ1n) is 13.7. The number of hydrogen-bond acceptors (Lipinski definition) is 9. The number of aliphatic hydroxyl groups is 1. The van der Waals surface area contributed by atoms with Crippen molar-refractivity contribution in [2.75, 3.05) is 26.4 Å². The summed E-state index contributed by atoms with van der Waals surface area (Å²) in [4.78, 5) is 9.51. The highest BCUT2D eigenvalue weighted by atomic mass is 35.5. The van der Waals surface area contributed by atoms with E-state index < -0.39 is 5.82 Å². The molecule has 10 nitrogen and oxygen atoms in total. The Hall–Kier alpha value is -3.38. The monoisotopic (exact) mass is 589 g/mol. The van der Waals surface area contributed by atoms with Crippen molar-refractivity contribution in [3.8, 4) is 0 Å². The van der Waals surface area contributed by atoms with E-state index >= 15 is 0 Å². The fraction of sp³-hybridized carbons (Fsp3) is 0.448. The first-order valence-corrected chi connectivity index (χ1v) is 14.1. The van der Waals surface area contributed by atoms with Gasteiger partial charge in [-0.25, -0.2) is 9.38 Å². The van der Waals surface area contributed by atoms with Crippen molar-refractivity contribution >= 4 is 28.8 Å². The maximum absolute atomic E-state index is 13.9. The molecule has 224 valence electrons. The Labute approximate surface area is 246 Å². The van der Waals surface area contributed by atoms with E-state index in [0.717, 1.165) is 31.3 Å². The van der Waals surface area contributed by atoms with Crippen LogP contribution in [0.5, 0.6) is 0 Å². The number of hydrazine groups is 1. The molecule has 0 spiro atoms. The molecule has 0 radical (unpaired) electrons. The van der Waals surface area contributed by atoms with E-state index in [1.165, 1.54) is 18.2 Å². The Morgan fingerprint density at radius 3 is 2.76 bits per heavy atom. The fourth-order valence-corrected chi connectivity index (χ4v) is 4.49. The molecule has 0 saturated heterocycles. The number of aliphatic imine (C=N–C) groups is 2. The minimum Gasteiger partial charge on any atom is -0.477 e. The molecule has 3 rings (SSSR count). The molecular formula is C29H41ClFN7O3. The van der Waals surface area contributed by atoms with Crippen LogP contribution in [0, 0.1) is 5.82 Å². The average Bonchev–Trinajstić information content (AvgIpc) is 2.92. The second-order valence-corrected chi connectivity index (χ2v) is 10.4. The Morgan fingerprint density at radius 2 is 2.05 bits per heavy atom. The molecule has 1 heterocycles. The summed E-state index contributed by atoms with van der Waals surface area (Å²) in [5.41, 5.74) is 21.7. The number of rotatable bonds is 13. The third kappa shape index (κ3) is 10.5. The van der Waals surface area contributed by atoms with Crippen molar-refractivity contribution in [1.29, 1.82) is 0 Å². The number of aliphatic hydroxyl groups excluding tert-OH is 1. The summed E-state index contributed by atoms with van der Waals surface area (Å²) in [6.45, 7) is 8.61. The van der Waals surface area contributed by atoms with Gasteiger partial charge in [0.05, 0.1) is 53.6 Å². The quantitative estimate of drug-likeness (QED) is 0.0673. The van der Waals surface area contributed by atoms with Gasteiger partial charge in [0.2, 0.25) is 0 Å². The molecule has 8 N–H and O–H groups in total. The molecule has 12 heteroatoms. The lowest BCUT2D eigenvalue weighted by atomic mass is 9.91. The summed E-state index contributed by atoms with van der Waals surface area (Å²) in [6.07, 6.45) is 8.92. The van der Waals surface area contributed by atoms with Crippen LogP contribution < -0.4 is 27.6 Å². The second-order valence-electron chi connectivity index (χ2n) is 10.0. The van der Waals surface area contributed by atoms with Crippen molar-refractivity contribution in [3.63, 3.8) is 0 Å². The van der Waals surface area contributed by atoms with Crippen LogP contribution in [0.1, 0.15) is 39.5 Å². The van der Waals surface area contributed by atoms with Gasteiger partial charge in [-0.3, -0.25) is 10.4 Å². The van der Waals surface area contributed by atoms with Gasteiger partial charge in [-0.2, -0.15) is 0 Å². The molecular weight excluding hydrogens is 549 g/mol. The lowest BCUT2D eigenvalue weighted by Gasteiger charge is -2.28.